The SMILES string of the molecule is c1cncc(-c2ccccc2-c2ccc3c(c2)c2ncccc2n3-c2cccc(-n3c4ccc(-c5ccccc5-c5cccnc5)cc4c4ncccc43)c2)c1. The Balaban J connectivity index is 1.06. The van der Waals surface area contributed by atoms with E-state index in [-0.39, 0.29) is 0 Å². The number of hydrogen-bond donors (Lipinski definition) is 0. The summed E-state index contributed by atoms with van der Waals surface area (Å²) in [5.41, 5.74) is 17.4. The topological polar surface area (TPSA) is 61.4 Å². The van der Waals surface area contributed by atoms with Crippen molar-refractivity contribution in [2.24, 2.45) is 0 Å². The normalized spacial score (nSPS) is 11.6. The van der Waals surface area contributed by atoms with E-state index in [0.717, 1.165) is 99.8 Å². The fourth-order valence-corrected chi connectivity index (χ4v) is 8.35. The van der Waals surface area contributed by atoms with Crippen molar-refractivity contribution in [2.45, 2.75) is 0 Å². The van der Waals surface area contributed by atoms with Crippen LogP contribution in [0.1, 0.15) is 0 Å². The summed E-state index contributed by atoms with van der Waals surface area (Å²) in [7, 11) is 0. The maximum atomic E-state index is 4.94. The van der Waals surface area contributed by atoms with Gasteiger partial charge in [0.15, 0.2) is 0 Å². The van der Waals surface area contributed by atoms with Gasteiger partial charge in [-0.1, -0.05) is 78.9 Å². The molecule has 0 spiro atoms. The quantitative estimate of drug-likeness (QED) is 0.172. The van der Waals surface area contributed by atoms with Crippen LogP contribution in [-0.4, -0.2) is 29.1 Å². The molecular weight excluding hydrogens is 685 g/mol. The Kier molecular flexibility index (Phi) is 7.38. The molecule has 0 aliphatic rings. The van der Waals surface area contributed by atoms with E-state index in [2.05, 4.69) is 153 Å². The van der Waals surface area contributed by atoms with Gasteiger partial charge in [0, 0.05) is 70.5 Å². The third-order valence-corrected chi connectivity index (χ3v) is 10.8. The highest BCUT2D eigenvalue weighted by Crippen LogP contribution is 2.40. The Morgan fingerprint density at radius 1 is 0.321 bits per heavy atom. The molecule has 0 radical (unpaired) electrons. The highest BCUT2D eigenvalue weighted by molar-refractivity contribution is 6.10. The van der Waals surface area contributed by atoms with E-state index in [1.54, 1.807) is 0 Å². The minimum atomic E-state index is 0.966. The van der Waals surface area contributed by atoms with Crippen LogP contribution < -0.4 is 0 Å². The minimum absolute atomic E-state index is 0.966. The van der Waals surface area contributed by atoms with Crippen LogP contribution in [0.4, 0.5) is 0 Å². The molecule has 6 heterocycles. The molecule has 0 unspecified atom stereocenters. The summed E-state index contributed by atoms with van der Waals surface area (Å²) in [6, 6.07) is 55.8. The Hall–Kier alpha value is -7.70. The molecule has 11 aromatic rings. The number of aromatic nitrogens is 6. The molecule has 5 aromatic carbocycles. The molecule has 0 N–H and O–H groups in total. The van der Waals surface area contributed by atoms with Crippen molar-refractivity contribution in [2.75, 3.05) is 0 Å². The molecule has 56 heavy (non-hydrogen) atoms. The van der Waals surface area contributed by atoms with Gasteiger partial charge < -0.3 is 9.13 Å². The van der Waals surface area contributed by atoms with Gasteiger partial charge in [-0.25, -0.2) is 0 Å². The van der Waals surface area contributed by atoms with Crippen molar-refractivity contribution in [1.29, 1.82) is 0 Å². The first-order valence-electron chi connectivity index (χ1n) is 18.7. The zero-order valence-corrected chi connectivity index (χ0v) is 30.2. The van der Waals surface area contributed by atoms with E-state index in [0.29, 0.717) is 0 Å². The zero-order chi connectivity index (χ0) is 37.0. The van der Waals surface area contributed by atoms with Crippen LogP contribution in [0.5, 0.6) is 0 Å². The molecular formula is C50H32N6. The average molecular weight is 717 g/mol. The highest BCUT2D eigenvalue weighted by atomic mass is 15.0. The lowest BCUT2D eigenvalue weighted by Gasteiger charge is -2.13. The summed E-state index contributed by atoms with van der Waals surface area (Å²) in [5, 5.41) is 2.20. The number of rotatable bonds is 6. The molecule has 0 aliphatic carbocycles. The van der Waals surface area contributed by atoms with Crippen molar-refractivity contribution in [3.8, 4) is 55.9 Å². The molecule has 0 aliphatic heterocycles. The van der Waals surface area contributed by atoms with Crippen molar-refractivity contribution < 1.29 is 0 Å². The van der Waals surface area contributed by atoms with Crippen molar-refractivity contribution in [3.05, 3.63) is 195 Å². The summed E-state index contributed by atoms with van der Waals surface area (Å²) in [4.78, 5) is 18.7. The Morgan fingerprint density at radius 3 is 1.21 bits per heavy atom. The second-order valence-electron chi connectivity index (χ2n) is 14.0. The lowest BCUT2D eigenvalue weighted by atomic mass is 9.95. The van der Waals surface area contributed by atoms with Crippen LogP contribution in [0.2, 0.25) is 0 Å². The molecule has 0 saturated carbocycles. The van der Waals surface area contributed by atoms with E-state index >= 15 is 0 Å². The molecule has 6 aromatic heterocycles. The summed E-state index contributed by atoms with van der Waals surface area (Å²) in [5.74, 6) is 0. The third kappa shape index (κ3) is 5.11. The number of pyridine rings is 4. The molecule has 0 bridgehead atoms. The van der Waals surface area contributed by atoms with Crippen LogP contribution in [0.3, 0.4) is 0 Å². The first kappa shape index (κ1) is 31.8. The first-order chi connectivity index (χ1) is 27.8. The van der Waals surface area contributed by atoms with Gasteiger partial charge in [-0.3, -0.25) is 19.9 Å². The lowest BCUT2D eigenvalue weighted by molar-refractivity contribution is 1.13. The van der Waals surface area contributed by atoms with Gasteiger partial charge >= 0.3 is 0 Å². The second-order valence-corrected chi connectivity index (χ2v) is 14.0. The molecule has 262 valence electrons. The zero-order valence-electron chi connectivity index (χ0n) is 30.2. The minimum Gasteiger partial charge on any atom is -0.308 e. The Bertz CT molecular complexity index is 3040. The molecule has 0 saturated heterocycles. The predicted molar refractivity (Wildman–Crippen MR) is 228 cm³/mol. The lowest BCUT2D eigenvalue weighted by Crippen LogP contribution is -1.98. The van der Waals surface area contributed by atoms with Crippen LogP contribution >= 0.6 is 0 Å². The maximum absolute atomic E-state index is 4.94. The highest BCUT2D eigenvalue weighted by Gasteiger charge is 2.19. The van der Waals surface area contributed by atoms with E-state index < -0.39 is 0 Å². The summed E-state index contributed by atoms with van der Waals surface area (Å²) in [6.45, 7) is 0. The molecule has 11 rings (SSSR count). The molecule has 0 amide bonds. The summed E-state index contributed by atoms with van der Waals surface area (Å²) < 4.78 is 4.66. The molecule has 0 atom stereocenters. The van der Waals surface area contributed by atoms with Gasteiger partial charge in [-0.05, 0) is 112 Å². The Morgan fingerprint density at radius 2 is 0.768 bits per heavy atom. The van der Waals surface area contributed by atoms with Crippen molar-refractivity contribution in [1.82, 2.24) is 29.1 Å². The van der Waals surface area contributed by atoms with E-state index in [1.807, 2.05) is 61.4 Å². The fourth-order valence-electron chi connectivity index (χ4n) is 8.35. The van der Waals surface area contributed by atoms with E-state index in [9.17, 15) is 0 Å². The van der Waals surface area contributed by atoms with Crippen molar-refractivity contribution in [3.63, 3.8) is 0 Å². The third-order valence-electron chi connectivity index (χ3n) is 10.8. The second kappa shape index (κ2) is 13.0. The number of fused-ring (bicyclic) bond motifs is 6. The summed E-state index contributed by atoms with van der Waals surface area (Å²) >= 11 is 0. The van der Waals surface area contributed by atoms with Gasteiger partial charge in [0.25, 0.3) is 0 Å². The van der Waals surface area contributed by atoms with Crippen LogP contribution in [-0.2, 0) is 0 Å². The van der Waals surface area contributed by atoms with Gasteiger partial charge in [-0.15, -0.1) is 0 Å². The number of benzene rings is 5. The molecule has 6 nitrogen and oxygen atoms in total. The predicted octanol–water partition coefficient (Wildman–Crippen LogP) is 12.1. The van der Waals surface area contributed by atoms with Gasteiger partial charge in [-0.2, -0.15) is 0 Å². The van der Waals surface area contributed by atoms with Crippen LogP contribution in [0.15, 0.2) is 195 Å². The van der Waals surface area contributed by atoms with Gasteiger partial charge in [0.05, 0.1) is 33.1 Å². The molecule has 0 fully saturated rings. The van der Waals surface area contributed by atoms with E-state index in [1.165, 1.54) is 0 Å². The molecule has 6 heteroatoms. The van der Waals surface area contributed by atoms with Crippen molar-refractivity contribution >= 4 is 43.9 Å². The van der Waals surface area contributed by atoms with Gasteiger partial charge in [0.2, 0.25) is 0 Å². The Labute approximate surface area is 322 Å². The number of hydrogen-bond acceptors (Lipinski definition) is 4. The van der Waals surface area contributed by atoms with Gasteiger partial charge in [0.1, 0.15) is 0 Å². The number of nitrogens with zero attached hydrogens (tertiary/aromatic N) is 6. The maximum Gasteiger partial charge on any atom is 0.0963 e. The first-order valence-corrected chi connectivity index (χ1v) is 18.7. The fraction of sp³-hybridized carbons (Fsp3) is 0. The standard InChI is InChI=1S/C50H32N6/c1-3-16-41(35-10-6-24-51-31-35)39(14-1)33-20-22-45-43(28-33)49-47(18-8-26-53-49)55(45)37-12-5-13-38(30-37)56-46-23-21-34(29-44(46)50-48(56)19-9-27-54-50)40-15-2-4-17-42(40)36-11-7-25-52-32-36/h1-32H. The average Bonchev–Trinajstić information content (AvgIpc) is 3.79. The monoisotopic (exact) mass is 716 g/mol. The summed E-state index contributed by atoms with van der Waals surface area (Å²) in [6.07, 6.45) is 11.2. The smallest absolute Gasteiger partial charge is 0.0963 e. The van der Waals surface area contributed by atoms with Crippen LogP contribution in [0.25, 0.3) is 99.8 Å². The van der Waals surface area contributed by atoms with E-state index in [4.69, 9.17) is 9.97 Å². The van der Waals surface area contributed by atoms with Crippen LogP contribution in [0, 0.1) is 0 Å². The largest absolute Gasteiger partial charge is 0.308 e.